The first-order chi connectivity index (χ1) is 5.26. The molecule has 1 atom stereocenters. The van der Waals surface area contributed by atoms with Crippen LogP contribution >= 0.6 is 0 Å². The lowest BCUT2D eigenvalue weighted by Crippen LogP contribution is -2.37. The van der Waals surface area contributed by atoms with Crippen LogP contribution in [0.3, 0.4) is 0 Å². The van der Waals surface area contributed by atoms with Gasteiger partial charge in [-0.25, -0.2) is 0 Å². The van der Waals surface area contributed by atoms with E-state index in [4.69, 9.17) is 0 Å². The van der Waals surface area contributed by atoms with E-state index >= 15 is 0 Å². The molecule has 0 saturated carbocycles. The number of rotatable bonds is 6. The smallest absolute Gasteiger partial charge is 0.0109 e. The number of nitrogens with zero attached hydrogens (tertiary/aromatic N) is 1. The molecule has 0 aliphatic rings. The molecule has 11 heavy (non-hydrogen) atoms. The van der Waals surface area contributed by atoms with Crippen LogP contribution in [0.5, 0.6) is 0 Å². The van der Waals surface area contributed by atoms with Crippen LogP contribution in [0.1, 0.15) is 27.2 Å². The summed E-state index contributed by atoms with van der Waals surface area (Å²) in [4.78, 5) is 2.50. The molecule has 1 N–H and O–H groups in total. The number of hydrogen-bond acceptors (Lipinski definition) is 2. The topological polar surface area (TPSA) is 15.3 Å². The molecule has 0 radical (unpaired) electrons. The Morgan fingerprint density at radius 3 is 2.36 bits per heavy atom. The first-order valence-corrected chi connectivity index (χ1v) is 4.64. The maximum absolute atomic E-state index is 3.17. The monoisotopic (exact) mass is 158 g/mol. The lowest BCUT2D eigenvalue weighted by Gasteiger charge is -2.26. The molecule has 0 aliphatic heterocycles. The van der Waals surface area contributed by atoms with E-state index in [0.717, 1.165) is 19.1 Å². The predicted octanol–water partition coefficient (Wildman–Crippen LogP) is 1.33. The van der Waals surface area contributed by atoms with Gasteiger partial charge in [-0.15, -0.1) is 0 Å². The van der Waals surface area contributed by atoms with Gasteiger partial charge >= 0.3 is 0 Å². The first-order valence-electron chi connectivity index (χ1n) is 4.64. The number of hydrogen-bond donors (Lipinski definition) is 1. The highest BCUT2D eigenvalue weighted by Gasteiger charge is 2.07. The van der Waals surface area contributed by atoms with Crippen LogP contribution in [0.4, 0.5) is 0 Å². The summed E-state index contributed by atoms with van der Waals surface area (Å²) in [7, 11) is 2.00. The van der Waals surface area contributed by atoms with Gasteiger partial charge in [0, 0.05) is 19.1 Å². The average molecular weight is 158 g/mol. The fraction of sp³-hybridized carbons (Fsp3) is 1.00. The van der Waals surface area contributed by atoms with E-state index in [1.165, 1.54) is 13.0 Å². The Hall–Kier alpha value is -0.0800. The van der Waals surface area contributed by atoms with E-state index in [1.54, 1.807) is 0 Å². The molecule has 0 spiro atoms. The van der Waals surface area contributed by atoms with Crippen LogP contribution in [-0.4, -0.2) is 37.6 Å². The molecule has 0 rings (SSSR count). The van der Waals surface area contributed by atoms with Crippen molar-refractivity contribution >= 4 is 0 Å². The molecule has 68 valence electrons. The summed E-state index contributed by atoms with van der Waals surface area (Å²) in [6, 6.07) is 0.730. The molecule has 0 aromatic carbocycles. The van der Waals surface area contributed by atoms with Crippen molar-refractivity contribution in [2.24, 2.45) is 0 Å². The second kappa shape index (κ2) is 6.62. The summed E-state index contributed by atoms with van der Waals surface area (Å²) in [5, 5.41) is 3.17. The van der Waals surface area contributed by atoms with E-state index in [2.05, 4.69) is 31.0 Å². The fourth-order valence-electron chi connectivity index (χ4n) is 1.20. The third kappa shape index (κ3) is 4.38. The molecule has 0 fully saturated rings. The molecule has 0 saturated heterocycles. The summed E-state index contributed by atoms with van der Waals surface area (Å²) >= 11 is 0. The Bertz CT molecular complexity index is 83.6. The maximum atomic E-state index is 3.17. The zero-order valence-corrected chi connectivity index (χ0v) is 8.35. The molecule has 2 nitrogen and oxygen atoms in total. The highest BCUT2D eigenvalue weighted by Crippen LogP contribution is 2.00. The van der Waals surface area contributed by atoms with Gasteiger partial charge in [0.05, 0.1) is 0 Å². The maximum Gasteiger partial charge on any atom is 0.0109 e. The highest BCUT2D eigenvalue weighted by molar-refractivity contribution is 4.64. The molecule has 1 unspecified atom stereocenters. The van der Waals surface area contributed by atoms with Crippen molar-refractivity contribution in [2.75, 3.05) is 26.7 Å². The van der Waals surface area contributed by atoms with E-state index in [1.807, 2.05) is 7.05 Å². The molecule has 0 aromatic heterocycles. The Morgan fingerprint density at radius 1 is 1.36 bits per heavy atom. The van der Waals surface area contributed by atoms with Gasteiger partial charge in [0.15, 0.2) is 0 Å². The van der Waals surface area contributed by atoms with Crippen molar-refractivity contribution in [3.05, 3.63) is 0 Å². The van der Waals surface area contributed by atoms with Crippen LogP contribution in [0, 0.1) is 0 Å². The minimum atomic E-state index is 0.730. The zero-order chi connectivity index (χ0) is 8.69. The van der Waals surface area contributed by atoms with E-state index < -0.39 is 0 Å². The molecule has 0 bridgehead atoms. The Labute approximate surface area is 71.0 Å². The van der Waals surface area contributed by atoms with Crippen molar-refractivity contribution in [3.63, 3.8) is 0 Å². The van der Waals surface area contributed by atoms with Crippen molar-refractivity contribution < 1.29 is 0 Å². The molecule has 0 heterocycles. The quantitative estimate of drug-likeness (QED) is 0.627. The lowest BCUT2D eigenvalue weighted by atomic mass is 10.2. The van der Waals surface area contributed by atoms with Crippen molar-refractivity contribution in [2.45, 2.75) is 33.2 Å². The van der Waals surface area contributed by atoms with Gasteiger partial charge in [-0.1, -0.05) is 13.8 Å². The third-order valence-corrected chi connectivity index (χ3v) is 2.27. The largest absolute Gasteiger partial charge is 0.318 e. The summed E-state index contributed by atoms with van der Waals surface area (Å²) < 4.78 is 0. The normalized spacial score (nSPS) is 13.9. The van der Waals surface area contributed by atoms with Gasteiger partial charge in [0.2, 0.25) is 0 Å². The van der Waals surface area contributed by atoms with Crippen molar-refractivity contribution in [1.82, 2.24) is 10.2 Å². The van der Waals surface area contributed by atoms with E-state index in [-0.39, 0.29) is 0 Å². The summed E-state index contributed by atoms with van der Waals surface area (Å²) in [6.07, 6.45) is 1.25. The minimum absolute atomic E-state index is 0.730. The van der Waals surface area contributed by atoms with Crippen molar-refractivity contribution in [1.29, 1.82) is 0 Å². The number of likely N-dealkylation sites (N-methyl/N-ethyl adjacent to an activating group) is 2. The van der Waals surface area contributed by atoms with Gasteiger partial charge in [-0.3, -0.25) is 4.90 Å². The molecule has 0 aliphatic carbocycles. The average Bonchev–Trinajstić information content (AvgIpc) is 2.05. The molecule has 0 amide bonds. The lowest BCUT2D eigenvalue weighted by molar-refractivity contribution is 0.217. The van der Waals surface area contributed by atoms with Crippen LogP contribution in [0.15, 0.2) is 0 Å². The number of nitrogens with one attached hydrogen (secondary N) is 1. The van der Waals surface area contributed by atoms with Gasteiger partial charge in [-0.05, 0) is 26.9 Å². The minimum Gasteiger partial charge on any atom is -0.318 e. The standard InChI is InChI=1S/C9H22N2/c1-5-9(3)11(6-2)8-7-10-4/h9-10H,5-8H2,1-4H3. The van der Waals surface area contributed by atoms with Crippen molar-refractivity contribution in [3.8, 4) is 0 Å². The van der Waals surface area contributed by atoms with Gasteiger partial charge in [0.25, 0.3) is 0 Å². The van der Waals surface area contributed by atoms with E-state index in [0.29, 0.717) is 0 Å². The van der Waals surface area contributed by atoms with Crippen LogP contribution in [0.25, 0.3) is 0 Å². The molecular weight excluding hydrogens is 136 g/mol. The Kier molecular flexibility index (Phi) is 6.57. The molecule has 0 aromatic rings. The summed E-state index contributed by atoms with van der Waals surface area (Å²) in [5.74, 6) is 0. The third-order valence-electron chi connectivity index (χ3n) is 2.27. The van der Waals surface area contributed by atoms with Crippen LogP contribution in [0.2, 0.25) is 0 Å². The zero-order valence-electron chi connectivity index (χ0n) is 8.35. The summed E-state index contributed by atoms with van der Waals surface area (Å²) in [5.41, 5.74) is 0. The molecular formula is C9H22N2. The van der Waals surface area contributed by atoms with Crippen LogP contribution in [-0.2, 0) is 0 Å². The second-order valence-electron chi connectivity index (χ2n) is 2.99. The highest BCUT2D eigenvalue weighted by atomic mass is 15.2. The Balaban J connectivity index is 3.56. The van der Waals surface area contributed by atoms with Crippen LogP contribution < -0.4 is 5.32 Å². The SMILES string of the molecule is CCC(C)N(CC)CCNC. The summed E-state index contributed by atoms with van der Waals surface area (Å²) in [6.45, 7) is 10.2. The van der Waals surface area contributed by atoms with Gasteiger partial charge in [-0.2, -0.15) is 0 Å². The predicted molar refractivity (Wildman–Crippen MR) is 50.9 cm³/mol. The fourth-order valence-corrected chi connectivity index (χ4v) is 1.20. The van der Waals surface area contributed by atoms with E-state index in [9.17, 15) is 0 Å². The van der Waals surface area contributed by atoms with Gasteiger partial charge < -0.3 is 5.32 Å². The second-order valence-corrected chi connectivity index (χ2v) is 2.99. The molecule has 2 heteroatoms. The first kappa shape index (κ1) is 10.9. The van der Waals surface area contributed by atoms with Gasteiger partial charge in [0.1, 0.15) is 0 Å². The Morgan fingerprint density at radius 2 is 2.00 bits per heavy atom.